The molecule has 10 heteroatoms. The lowest BCUT2D eigenvalue weighted by Crippen LogP contribution is -2.36. The lowest BCUT2D eigenvalue weighted by atomic mass is 10.1. The normalized spacial score (nSPS) is 22.0. The van der Waals surface area contributed by atoms with E-state index < -0.39 is 10.1 Å². The minimum Gasteiger partial charge on any atom is -0.374 e. The molecule has 2 atom stereocenters. The molecule has 8 rings (SSSR count). The third-order valence-electron chi connectivity index (χ3n) is 9.57. The smallest absolute Gasteiger partial charge is 0.214 e. The number of hydrogen-bond donors (Lipinski definition) is 0. The van der Waals surface area contributed by atoms with Crippen molar-refractivity contribution in [1.29, 1.82) is 0 Å². The highest BCUT2D eigenvalue weighted by Crippen LogP contribution is 2.55. The van der Waals surface area contributed by atoms with Gasteiger partial charge in [-0.2, -0.15) is 0 Å². The zero-order chi connectivity index (χ0) is 34.0. The van der Waals surface area contributed by atoms with E-state index in [9.17, 15) is 0 Å². The highest BCUT2D eigenvalue weighted by atomic mass is 33.1. The fraction of sp³-hybridized carbons (Fsp3) is 0.300. The van der Waals surface area contributed by atoms with Crippen LogP contribution in [0.15, 0.2) is 119 Å². The van der Waals surface area contributed by atoms with Crippen molar-refractivity contribution in [3.05, 3.63) is 120 Å². The van der Waals surface area contributed by atoms with E-state index in [1.807, 2.05) is 21.6 Å². The van der Waals surface area contributed by atoms with Crippen LogP contribution in [-0.4, -0.2) is 75.1 Å². The van der Waals surface area contributed by atoms with Gasteiger partial charge in [0.2, 0.25) is 10.1 Å². The number of fused-ring (bicyclic) bond motifs is 6. The van der Waals surface area contributed by atoms with E-state index >= 15 is 0 Å². The summed E-state index contributed by atoms with van der Waals surface area (Å²) in [5.74, 6) is 2.15. The van der Waals surface area contributed by atoms with Crippen molar-refractivity contribution >= 4 is 80.0 Å². The molecule has 4 aliphatic rings. The number of ether oxygens (including phenoxy) is 2. The first-order valence-electron chi connectivity index (χ1n) is 17.2. The predicted octanol–water partition coefficient (Wildman–Crippen LogP) is 9.26. The molecule has 0 spiro atoms. The molecule has 4 aliphatic heterocycles. The molecule has 0 aromatic heterocycles. The molecule has 2 unspecified atom stereocenters. The number of hydrogen-bond acceptors (Lipinski definition) is 10. The maximum Gasteiger partial charge on any atom is 0.214 e. The minimum absolute atomic E-state index is 0.429. The van der Waals surface area contributed by atoms with Crippen molar-refractivity contribution in [1.82, 2.24) is 0 Å². The molecule has 2 fully saturated rings. The molecular formula is C40H42N4O2S4. The molecule has 0 radical (unpaired) electrons. The molecule has 4 aromatic carbocycles. The Bertz CT molecular complexity index is 1720. The second kappa shape index (κ2) is 14.9. The van der Waals surface area contributed by atoms with Gasteiger partial charge in [-0.05, 0) is 71.8 Å². The van der Waals surface area contributed by atoms with Gasteiger partial charge in [0.25, 0.3) is 0 Å². The zero-order valence-electron chi connectivity index (χ0n) is 28.4. The highest BCUT2D eigenvalue weighted by Gasteiger charge is 2.48. The molecular weight excluding hydrogens is 697 g/mol. The summed E-state index contributed by atoms with van der Waals surface area (Å²) in [7, 11) is 8.27. The van der Waals surface area contributed by atoms with Gasteiger partial charge in [0.05, 0.1) is 24.6 Å². The third kappa shape index (κ3) is 6.90. The van der Waals surface area contributed by atoms with E-state index in [1.54, 1.807) is 23.5 Å². The van der Waals surface area contributed by atoms with E-state index in [-0.39, 0.29) is 0 Å². The minimum atomic E-state index is -0.429. The molecule has 2 saturated heterocycles. The molecule has 258 valence electrons. The first-order chi connectivity index (χ1) is 24.5. The largest absolute Gasteiger partial charge is 0.374 e. The number of nitrogens with zero attached hydrogens (tertiary/aromatic N) is 4. The first kappa shape index (κ1) is 34.0. The Balaban J connectivity index is 0.751. The fourth-order valence-electron chi connectivity index (χ4n) is 6.78. The van der Waals surface area contributed by atoms with Crippen molar-refractivity contribution in [3.8, 4) is 0 Å². The lowest BCUT2D eigenvalue weighted by Gasteiger charge is -2.27. The van der Waals surface area contributed by atoms with Crippen molar-refractivity contribution in [2.24, 2.45) is 0 Å². The summed E-state index contributed by atoms with van der Waals surface area (Å²) in [5, 5.41) is -0.858. The van der Waals surface area contributed by atoms with Gasteiger partial charge < -0.3 is 29.1 Å². The molecule has 4 heterocycles. The Hall–Kier alpha value is -3.12. The molecule has 50 heavy (non-hydrogen) atoms. The van der Waals surface area contributed by atoms with E-state index in [2.05, 4.69) is 155 Å². The van der Waals surface area contributed by atoms with Crippen LogP contribution in [0, 0.1) is 0 Å². The summed E-state index contributed by atoms with van der Waals surface area (Å²) in [6, 6.07) is 34.9. The van der Waals surface area contributed by atoms with Crippen molar-refractivity contribution in [3.63, 3.8) is 0 Å². The lowest BCUT2D eigenvalue weighted by molar-refractivity contribution is 0.123. The van der Waals surface area contributed by atoms with Crippen LogP contribution in [0.3, 0.4) is 0 Å². The van der Waals surface area contributed by atoms with Gasteiger partial charge in [-0.25, -0.2) is 0 Å². The molecule has 0 bridgehead atoms. The maximum atomic E-state index is 6.26. The van der Waals surface area contributed by atoms with E-state index in [4.69, 9.17) is 9.47 Å². The second-order valence-corrected chi connectivity index (χ2v) is 17.9. The van der Waals surface area contributed by atoms with Gasteiger partial charge >= 0.3 is 0 Å². The highest BCUT2D eigenvalue weighted by molar-refractivity contribution is 8.76. The van der Waals surface area contributed by atoms with E-state index in [1.165, 1.54) is 43.7 Å². The summed E-state index contributed by atoms with van der Waals surface area (Å²) < 4.78 is 12.5. The number of para-hydroxylation sites is 2. The summed E-state index contributed by atoms with van der Waals surface area (Å²) in [4.78, 5) is 12.0. The van der Waals surface area contributed by atoms with Crippen LogP contribution in [0.25, 0.3) is 12.2 Å². The third-order valence-corrected chi connectivity index (χ3v) is 14.6. The van der Waals surface area contributed by atoms with Crippen LogP contribution in [0.2, 0.25) is 0 Å². The van der Waals surface area contributed by atoms with Crippen molar-refractivity contribution in [2.45, 2.75) is 19.9 Å². The molecule has 6 nitrogen and oxygen atoms in total. The number of thioether (sulfide) groups is 2. The fourth-order valence-corrected chi connectivity index (χ4v) is 11.5. The van der Waals surface area contributed by atoms with Crippen LogP contribution in [-0.2, 0) is 9.47 Å². The Morgan fingerprint density at radius 3 is 1.48 bits per heavy atom. The van der Waals surface area contributed by atoms with Gasteiger partial charge in [-0.1, -0.05) is 106 Å². The SMILES string of the molecule is CN(CCSSCCN(C)c1ccc(/C=C/C23OCCN2c2ccccc2S3)cc1)c1ccc(/C=C/C23OCCN2c2ccccc2S3)cc1. The second-order valence-electron chi connectivity index (χ2n) is 12.7. The van der Waals surface area contributed by atoms with Crippen LogP contribution >= 0.6 is 45.1 Å². The topological polar surface area (TPSA) is 31.4 Å². The monoisotopic (exact) mass is 738 g/mol. The Morgan fingerprint density at radius 1 is 0.620 bits per heavy atom. The predicted molar refractivity (Wildman–Crippen MR) is 219 cm³/mol. The Labute approximate surface area is 312 Å². The van der Waals surface area contributed by atoms with Crippen LogP contribution in [0.5, 0.6) is 0 Å². The van der Waals surface area contributed by atoms with Crippen LogP contribution in [0.4, 0.5) is 22.7 Å². The van der Waals surface area contributed by atoms with Gasteiger partial charge in [-0.3, -0.25) is 0 Å². The first-order valence-corrected chi connectivity index (χ1v) is 21.3. The average Bonchev–Trinajstić information content (AvgIpc) is 3.90. The van der Waals surface area contributed by atoms with Gasteiger partial charge in [0.1, 0.15) is 0 Å². The Morgan fingerprint density at radius 2 is 1.04 bits per heavy atom. The molecule has 0 saturated carbocycles. The number of benzene rings is 4. The molecule has 4 aromatic rings. The summed E-state index contributed by atoms with van der Waals surface area (Å²) in [6.07, 6.45) is 8.83. The quantitative estimate of drug-likeness (QED) is 0.0978. The molecule has 0 aliphatic carbocycles. The van der Waals surface area contributed by atoms with Gasteiger partial charge in [-0.15, -0.1) is 0 Å². The van der Waals surface area contributed by atoms with Crippen molar-refractivity contribution in [2.75, 3.05) is 84.6 Å². The standard InChI is InChI=1S/C40H42N4O2S4/c1-41(33-15-11-31(12-16-33)19-21-39-43(23-27-45-39)35-7-3-5-9-37(35)49-39)25-29-47-48-30-26-42(2)34-17-13-32(14-18-34)20-22-40-44(24-28-46-40)36-8-4-6-10-38(36)50-40/h3-22H,23-30H2,1-2H3/b21-19+,22-20+. The van der Waals surface area contributed by atoms with Crippen LogP contribution < -0.4 is 19.6 Å². The Kier molecular flexibility index (Phi) is 10.1. The van der Waals surface area contributed by atoms with Gasteiger partial charge in [0.15, 0.2) is 0 Å². The maximum absolute atomic E-state index is 6.26. The number of anilines is 4. The van der Waals surface area contributed by atoms with Crippen LogP contribution in [0.1, 0.15) is 11.1 Å². The summed E-state index contributed by atoms with van der Waals surface area (Å²) in [6.45, 7) is 5.36. The summed E-state index contributed by atoms with van der Waals surface area (Å²) >= 11 is 3.59. The van der Waals surface area contributed by atoms with E-state index in [0.717, 1.165) is 50.9 Å². The van der Waals surface area contributed by atoms with Crippen molar-refractivity contribution < 1.29 is 9.47 Å². The number of rotatable bonds is 13. The molecule has 0 amide bonds. The molecule has 0 N–H and O–H groups in total. The zero-order valence-corrected chi connectivity index (χ0v) is 31.7. The summed E-state index contributed by atoms with van der Waals surface area (Å²) in [5.41, 5.74) is 7.41. The van der Waals surface area contributed by atoms with Gasteiger partial charge in [0, 0.05) is 72.9 Å². The van der Waals surface area contributed by atoms with E-state index in [0.29, 0.717) is 0 Å². The average molecular weight is 739 g/mol.